The Hall–Kier alpha value is -3.22. The second kappa shape index (κ2) is 8.26. The number of likely N-dealkylation sites (tertiary alicyclic amines) is 1. The van der Waals surface area contributed by atoms with Gasteiger partial charge in [0.1, 0.15) is 5.69 Å². The number of pyridine rings is 2. The van der Waals surface area contributed by atoms with Gasteiger partial charge in [-0.25, -0.2) is 0 Å². The molecule has 1 aromatic carbocycles. The smallest absolute Gasteiger partial charge is 0.337 e. The van der Waals surface area contributed by atoms with Crippen LogP contribution in [0.1, 0.15) is 40.5 Å². The zero-order chi connectivity index (χ0) is 21.1. The van der Waals surface area contributed by atoms with Crippen LogP contribution < -0.4 is 0 Å². The predicted molar refractivity (Wildman–Crippen MR) is 107 cm³/mol. The third-order valence-electron chi connectivity index (χ3n) is 5.27. The largest absolute Gasteiger partial charge is 0.416 e. The number of hydrogen-bond acceptors (Lipinski definition) is 3. The lowest BCUT2D eigenvalue weighted by Gasteiger charge is -2.32. The van der Waals surface area contributed by atoms with Crippen molar-refractivity contribution in [3.05, 3.63) is 83.8 Å². The van der Waals surface area contributed by atoms with Crippen molar-refractivity contribution in [2.75, 3.05) is 13.1 Å². The molecule has 3 heterocycles. The zero-order valence-corrected chi connectivity index (χ0v) is 16.1. The molecule has 1 aliphatic rings. The molecule has 1 saturated heterocycles. The molecule has 0 saturated carbocycles. The average Bonchev–Trinajstić information content (AvgIpc) is 2.79. The van der Waals surface area contributed by atoms with Crippen LogP contribution in [0.2, 0.25) is 0 Å². The second-order valence-electron chi connectivity index (χ2n) is 7.33. The molecule has 1 aliphatic heterocycles. The number of piperidine rings is 1. The molecule has 2 aromatic heterocycles. The van der Waals surface area contributed by atoms with Gasteiger partial charge in [-0.15, -0.1) is 0 Å². The molecule has 3 aromatic rings. The molecule has 0 aliphatic carbocycles. The van der Waals surface area contributed by atoms with Crippen molar-refractivity contribution in [3.8, 4) is 11.3 Å². The summed E-state index contributed by atoms with van der Waals surface area (Å²) in [7, 11) is 0. The summed E-state index contributed by atoms with van der Waals surface area (Å²) < 4.78 is 39.1. The Bertz CT molecular complexity index is 1040. The molecule has 7 heteroatoms. The number of hydrogen-bond donors (Lipinski definition) is 0. The molecule has 4 nitrogen and oxygen atoms in total. The first-order chi connectivity index (χ1) is 14.4. The number of alkyl halides is 3. The van der Waals surface area contributed by atoms with E-state index < -0.39 is 11.7 Å². The number of carbonyl (C=O) groups is 1. The fourth-order valence-corrected chi connectivity index (χ4v) is 3.75. The lowest BCUT2D eigenvalue weighted by Crippen LogP contribution is -2.39. The van der Waals surface area contributed by atoms with Crippen LogP contribution in [0.4, 0.5) is 13.2 Å². The van der Waals surface area contributed by atoms with Crippen molar-refractivity contribution >= 4 is 5.91 Å². The molecule has 1 fully saturated rings. The molecule has 30 heavy (non-hydrogen) atoms. The average molecular weight is 411 g/mol. The van der Waals surface area contributed by atoms with E-state index in [0.29, 0.717) is 30.0 Å². The molecular weight excluding hydrogens is 391 g/mol. The van der Waals surface area contributed by atoms with Gasteiger partial charge in [0.25, 0.3) is 5.91 Å². The molecule has 1 amide bonds. The van der Waals surface area contributed by atoms with E-state index in [9.17, 15) is 18.0 Å². The molecule has 0 bridgehead atoms. The van der Waals surface area contributed by atoms with E-state index in [4.69, 9.17) is 0 Å². The highest BCUT2D eigenvalue weighted by molar-refractivity contribution is 5.92. The maximum Gasteiger partial charge on any atom is 0.416 e. The third-order valence-corrected chi connectivity index (χ3v) is 5.27. The molecule has 1 atom stereocenters. The monoisotopic (exact) mass is 411 g/mol. The van der Waals surface area contributed by atoms with Gasteiger partial charge >= 0.3 is 6.18 Å². The third kappa shape index (κ3) is 4.35. The zero-order valence-electron chi connectivity index (χ0n) is 16.1. The van der Waals surface area contributed by atoms with Gasteiger partial charge in [-0.05, 0) is 49.2 Å². The minimum Gasteiger partial charge on any atom is -0.337 e. The Labute approximate surface area is 172 Å². The van der Waals surface area contributed by atoms with Gasteiger partial charge < -0.3 is 4.90 Å². The fourth-order valence-electron chi connectivity index (χ4n) is 3.75. The molecule has 154 valence electrons. The Morgan fingerprint density at radius 1 is 1.03 bits per heavy atom. The normalized spacial score (nSPS) is 17.0. The van der Waals surface area contributed by atoms with E-state index >= 15 is 0 Å². The molecule has 0 radical (unpaired) electrons. The Morgan fingerprint density at radius 2 is 1.87 bits per heavy atom. The van der Waals surface area contributed by atoms with Gasteiger partial charge in [-0.2, -0.15) is 13.2 Å². The summed E-state index contributed by atoms with van der Waals surface area (Å²) in [6, 6.07) is 15.8. The highest BCUT2D eigenvalue weighted by Crippen LogP contribution is 2.33. The highest BCUT2D eigenvalue weighted by Gasteiger charge is 2.31. The second-order valence-corrected chi connectivity index (χ2v) is 7.33. The van der Waals surface area contributed by atoms with Crippen molar-refractivity contribution in [2.45, 2.75) is 24.9 Å². The minimum atomic E-state index is -4.40. The van der Waals surface area contributed by atoms with E-state index in [1.807, 2.05) is 6.07 Å². The maximum absolute atomic E-state index is 13.0. The van der Waals surface area contributed by atoms with Gasteiger partial charge in [0.2, 0.25) is 0 Å². The SMILES string of the molecule is O=C(c1ccccn1)N1CCC[C@H](c2cccc(-c3cccc(C(F)(F)F)c3)n2)C1. The summed E-state index contributed by atoms with van der Waals surface area (Å²) >= 11 is 0. The van der Waals surface area contributed by atoms with E-state index in [1.54, 1.807) is 47.5 Å². The van der Waals surface area contributed by atoms with Crippen molar-refractivity contribution in [3.63, 3.8) is 0 Å². The lowest BCUT2D eigenvalue weighted by atomic mass is 9.93. The Kier molecular flexibility index (Phi) is 5.53. The number of carbonyl (C=O) groups excluding carboxylic acids is 1. The van der Waals surface area contributed by atoms with Crippen LogP contribution in [0, 0.1) is 0 Å². The summed E-state index contributed by atoms with van der Waals surface area (Å²) in [5, 5.41) is 0. The van der Waals surface area contributed by atoms with Crippen LogP contribution in [0.3, 0.4) is 0 Å². The highest BCUT2D eigenvalue weighted by atomic mass is 19.4. The van der Waals surface area contributed by atoms with E-state index in [0.717, 1.165) is 30.7 Å². The predicted octanol–water partition coefficient (Wildman–Crippen LogP) is 5.18. The van der Waals surface area contributed by atoms with Gasteiger partial charge in [-0.1, -0.05) is 24.3 Å². The number of halogens is 3. The quantitative estimate of drug-likeness (QED) is 0.596. The maximum atomic E-state index is 13.0. The number of amides is 1. The van der Waals surface area contributed by atoms with Crippen LogP contribution in [0.25, 0.3) is 11.3 Å². The van der Waals surface area contributed by atoms with Crippen molar-refractivity contribution in [2.24, 2.45) is 0 Å². The lowest BCUT2D eigenvalue weighted by molar-refractivity contribution is -0.137. The summed E-state index contributed by atoms with van der Waals surface area (Å²) in [5.74, 6) is -0.0912. The van der Waals surface area contributed by atoms with Crippen LogP contribution in [0.15, 0.2) is 66.9 Å². The molecule has 0 N–H and O–H groups in total. The van der Waals surface area contributed by atoms with E-state index in [1.165, 1.54) is 6.07 Å². The summed E-state index contributed by atoms with van der Waals surface area (Å²) in [6.45, 7) is 1.16. The van der Waals surface area contributed by atoms with Crippen molar-refractivity contribution in [1.82, 2.24) is 14.9 Å². The summed E-state index contributed by atoms with van der Waals surface area (Å²) in [4.78, 5) is 23.3. The molecular formula is C23H20F3N3O. The molecule has 4 rings (SSSR count). The van der Waals surface area contributed by atoms with Crippen LogP contribution in [-0.2, 0) is 6.18 Å². The van der Waals surface area contributed by atoms with Gasteiger partial charge in [0, 0.05) is 36.5 Å². The van der Waals surface area contributed by atoms with E-state index in [2.05, 4.69) is 9.97 Å². The number of nitrogens with zero attached hydrogens (tertiary/aromatic N) is 3. The standard InChI is InChI=1S/C23H20F3N3O/c24-23(25,26)18-8-3-6-16(14-18)19-10-4-11-20(28-19)17-7-5-13-29(15-17)22(30)21-9-1-2-12-27-21/h1-4,6,8-12,14,17H,5,7,13,15H2/t17-/m0/s1. The van der Waals surface area contributed by atoms with Crippen LogP contribution >= 0.6 is 0 Å². The number of aromatic nitrogens is 2. The van der Waals surface area contributed by atoms with Gasteiger partial charge in [0.05, 0.1) is 11.3 Å². The molecule has 0 spiro atoms. The van der Waals surface area contributed by atoms with Gasteiger partial charge in [-0.3, -0.25) is 14.8 Å². The topological polar surface area (TPSA) is 46.1 Å². The van der Waals surface area contributed by atoms with Crippen molar-refractivity contribution < 1.29 is 18.0 Å². The fraction of sp³-hybridized carbons (Fsp3) is 0.261. The first-order valence-corrected chi connectivity index (χ1v) is 9.77. The van der Waals surface area contributed by atoms with Crippen molar-refractivity contribution in [1.29, 1.82) is 0 Å². The first-order valence-electron chi connectivity index (χ1n) is 9.77. The number of rotatable bonds is 3. The van der Waals surface area contributed by atoms with E-state index in [-0.39, 0.29) is 11.8 Å². The Balaban J connectivity index is 1.56. The Morgan fingerprint density at radius 3 is 2.63 bits per heavy atom. The number of benzene rings is 1. The summed E-state index contributed by atoms with van der Waals surface area (Å²) in [5.41, 5.74) is 1.40. The first kappa shape index (κ1) is 20.1. The van der Waals surface area contributed by atoms with Crippen LogP contribution in [0.5, 0.6) is 0 Å². The van der Waals surface area contributed by atoms with Crippen LogP contribution in [-0.4, -0.2) is 33.9 Å². The molecule has 0 unspecified atom stereocenters. The summed E-state index contributed by atoms with van der Waals surface area (Å²) in [6.07, 6.45) is -1.11. The van der Waals surface area contributed by atoms with Gasteiger partial charge in [0.15, 0.2) is 0 Å². The minimum absolute atomic E-state index is 0.0251.